The van der Waals surface area contributed by atoms with E-state index < -0.39 is 0 Å². The van der Waals surface area contributed by atoms with Gasteiger partial charge in [-0.15, -0.1) is 0 Å². The van der Waals surface area contributed by atoms with Crippen LogP contribution >= 0.6 is 0 Å². The van der Waals surface area contributed by atoms with Crippen LogP contribution in [0.1, 0.15) is 57.6 Å². The summed E-state index contributed by atoms with van der Waals surface area (Å²) in [5, 5.41) is 7.40. The fourth-order valence-corrected chi connectivity index (χ4v) is 2.54. The molecule has 2 rings (SSSR count). The summed E-state index contributed by atoms with van der Waals surface area (Å²) in [7, 11) is 0. The van der Waals surface area contributed by atoms with Crippen molar-refractivity contribution in [3.8, 4) is 0 Å². The van der Waals surface area contributed by atoms with E-state index in [9.17, 15) is 0 Å². The van der Waals surface area contributed by atoms with Gasteiger partial charge in [0.2, 0.25) is 0 Å². The van der Waals surface area contributed by atoms with Crippen LogP contribution in [-0.4, -0.2) is 21.2 Å². The van der Waals surface area contributed by atoms with Crippen molar-refractivity contribution in [2.24, 2.45) is 5.73 Å². The number of aromatic amines is 1. The molecule has 4 heteroatoms. The molecule has 3 N–H and O–H groups in total. The molecule has 0 amide bonds. The normalized spacial score (nSPS) is 30.6. The highest BCUT2D eigenvalue weighted by Gasteiger charge is 2.39. The third-order valence-corrected chi connectivity index (χ3v) is 3.81. The molecule has 1 saturated carbocycles. The summed E-state index contributed by atoms with van der Waals surface area (Å²) in [5.41, 5.74) is 6.21. The molecule has 90 valence electrons. The number of rotatable bonds is 3. The molecule has 1 aromatic rings. The average molecular weight is 222 g/mol. The fourth-order valence-electron chi connectivity index (χ4n) is 2.54. The largest absolute Gasteiger partial charge is 0.327 e. The molecule has 1 aliphatic carbocycles. The summed E-state index contributed by atoms with van der Waals surface area (Å²) in [6, 6.07) is 0.200. The Bertz CT molecular complexity index is 347. The van der Waals surface area contributed by atoms with Gasteiger partial charge in [-0.25, -0.2) is 4.98 Å². The number of aromatic nitrogens is 3. The van der Waals surface area contributed by atoms with Crippen molar-refractivity contribution in [2.75, 3.05) is 0 Å². The Morgan fingerprint density at radius 3 is 3.00 bits per heavy atom. The Hall–Kier alpha value is -0.900. The topological polar surface area (TPSA) is 67.6 Å². The molecule has 1 aromatic heterocycles. The molecule has 4 nitrogen and oxygen atoms in total. The number of nitrogens with zero attached hydrogens (tertiary/aromatic N) is 2. The second-order valence-corrected chi connectivity index (χ2v) is 5.13. The Morgan fingerprint density at radius 1 is 1.50 bits per heavy atom. The van der Waals surface area contributed by atoms with E-state index in [0.717, 1.165) is 37.3 Å². The zero-order chi connectivity index (χ0) is 11.6. The lowest BCUT2D eigenvalue weighted by Crippen LogP contribution is -2.46. The molecule has 0 spiro atoms. The van der Waals surface area contributed by atoms with Crippen molar-refractivity contribution in [3.63, 3.8) is 0 Å². The predicted octanol–water partition coefficient (Wildman–Crippen LogP) is 1.92. The molecule has 2 unspecified atom stereocenters. The number of hydrogen-bond acceptors (Lipinski definition) is 3. The van der Waals surface area contributed by atoms with Crippen molar-refractivity contribution < 1.29 is 0 Å². The van der Waals surface area contributed by atoms with E-state index in [0.29, 0.717) is 0 Å². The monoisotopic (exact) mass is 222 g/mol. The van der Waals surface area contributed by atoms with Crippen molar-refractivity contribution in [1.29, 1.82) is 0 Å². The van der Waals surface area contributed by atoms with Gasteiger partial charge in [0.15, 0.2) is 5.82 Å². The minimum Gasteiger partial charge on any atom is -0.327 e. The lowest BCUT2D eigenvalue weighted by atomic mass is 9.71. The zero-order valence-corrected chi connectivity index (χ0v) is 10.3. The third-order valence-electron chi connectivity index (χ3n) is 3.81. The van der Waals surface area contributed by atoms with Gasteiger partial charge in [0, 0.05) is 17.9 Å². The highest BCUT2D eigenvalue weighted by atomic mass is 15.2. The maximum atomic E-state index is 6.23. The first kappa shape index (κ1) is 11.6. The summed E-state index contributed by atoms with van der Waals surface area (Å²) < 4.78 is 0. The SMILES string of the molecule is CCCc1nc(C2(C)CCCCC2N)n[nH]1. The molecule has 0 radical (unpaired) electrons. The van der Waals surface area contributed by atoms with Crippen LogP contribution in [-0.2, 0) is 11.8 Å². The van der Waals surface area contributed by atoms with E-state index in [1.165, 1.54) is 12.8 Å². The number of nitrogens with one attached hydrogen (secondary N) is 1. The fraction of sp³-hybridized carbons (Fsp3) is 0.833. The van der Waals surface area contributed by atoms with Crippen molar-refractivity contribution in [1.82, 2.24) is 15.2 Å². The minimum absolute atomic E-state index is 0.0270. The molecule has 0 bridgehead atoms. The first-order chi connectivity index (χ1) is 7.66. The first-order valence-corrected chi connectivity index (χ1v) is 6.34. The summed E-state index contributed by atoms with van der Waals surface area (Å²) in [4.78, 5) is 4.60. The van der Waals surface area contributed by atoms with E-state index in [4.69, 9.17) is 5.73 Å². The number of nitrogens with two attached hydrogens (primary N) is 1. The maximum absolute atomic E-state index is 6.23. The van der Waals surface area contributed by atoms with Crippen molar-refractivity contribution >= 4 is 0 Å². The van der Waals surface area contributed by atoms with Crippen LogP contribution in [0.2, 0.25) is 0 Å². The Labute approximate surface area is 97.0 Å². The molecule has 16 heavy (non-hydrogen) atoms. The van der Waals surface area contributed by atoms with E-state index in [1.807, 2.05) is 0 Å². The highest BCUT2D eigenvalue weighted by Crippen LogP contribution is 2.36. The molecule has 1 heterocycles. The first-order valence-electron chi connectivity index (χ1n) is 6.34. The van der Waals surface area contributed by atoms with Gasteiger partial charge in [0.05, 0.1) is 0 Å². The quantitative estimate of drug-likeness (QED) is 0.821. The number of H-pyrrole nitrogens is 1. The Morgan fingerprint density at radius 2 is 2.31 bits per heavy atom. The zero-order valence-electron chi connectivity index (χ0n) is 10.3. The minimum atomic E-state index is -0.0270. The number of hydrogen-bond donors (Lipinski definition) is 2. The summed E-state index contributed by atoms with van der Waals surface area (Å²) >= 11 is 0. The lowest BCUT2D eigenvalue weighted by Gasteiger charge is -2.36. The second kappa shape index (κ2) is 4.53. The van der Waals surface area contributed by atoms with Crippen LogP contribution in [0.15, 0.2) is 0 Å². The maximum Gasteiger partial charge on any atom is 0.158 e. The molecule has 0 aliphatic heterocycles. The molecule has 0 saturated heterocycles. The van der Waals surface area contributed by atoms with Crippen LogP contribution in [0, 0.1) is 0 Å². The molecule has 1 aliphatic rings. The Kier molecular flexibility index (Phi) is 3.28. The predicted molar refractivity (Wildman–Crippen MR) is 64.2 cm³/mol. The molecule has 1 fully saturated rings. The lowest BCUT2D eigenvalue weighted by molar-refractivity contribution is 0.259. The molecule has 2 atom stereocenters. The molecule has 0 aromatic carbocycles. The van der Waals surface area contributed by atoms with E-state index in [1.54, 1.807) is 0 Å². The van der Waals surface area contributed by atoms with Gasteiger partial charge in [-0.3, -0.25) is 5.10 Å². The third kappa shape index (κ3) is 1.98. The van der Waals surface area contributed by atoms with E-state index in [2.05, 4.69) is 29.0 Å². The average Bonchev–Trinajstić information content (AvgIpc) is 2.72. The standard InChI is InChI=1S/C12H22N4/c1-3-6-10-14-11(16-15-10)12(2)8-5-4-7-9(12)13/h9H,3-8,13H2,1-2H3,(H,14,15,16). The molecular weight excluding hydrogens is 200 g/mol. The van der Waals surface area contributed by atoms with Crippen molar-refractivity contribution in [3.05, 3.63) is 11.6 Å². The second-order valence-electron chi connectivity index (χ2n) is 5.13. The summed E-state index contributed by atoms with van der Waals surface area (Å²) in [5.74, 6) is 1.92. The van der Waals surface area contributed by atoms with E-state index >= 15 is 0 Å². The van der Waals surface area contributed by atoms with Gasteiger partial charge in [0.25, 0.3) is 0 Å². The number of aryl methyl sites for hydroxylation is 1. The smallest absolute Gasteiger partial charge is 0.158 e. The van der Waals surface area contributed by atoms with Gasteiger partial charge >= 0.3 is 0 Å². The van der Waals surface area contributed by atoms with Gasteiger partial charge in [-0.1, -0.05) is 26.7 Å². The van der Waals surface area contributed by atoms with Crippen LogP contribution in [0.3, 0.4) is 0 Å². The summed E-state index contributed by atoms with van der Waals surface area (Å²) in [6.45, 7) is 4.35. The summed E-state index contributed by atoms with van der Waals surface area (Å²) in [6.07, 6.45) is 6.74. The van der Waals surface area contributed by atoms with Gasteiger partial charge < -0.3 is 5.73 Å². The van der Waals surface area contributed by atoms with Crippen LogP contribution in [0.25, 0.3) is 0 Å². The highest BCUT2D eigenvalue weighted by molar-refractivity contribution is 5.12. The van der Waals surface area contributed by atoms with E-state index in [-0.39, 0.29) is 11.5 Å². The van der Waals surface area contributed by atoms with Crippen molar-refractivity contribution in [2.45, 2.75) is 63.8 Å². The van der Waals surface area contributed by atoms with Gasteiger partial charge in [0.1, 0.15) is 5.82 Å². The van der Waals surface area contributed by atoms with Crippen LogP contribution < -0.4 is 5.73 Å². The van der Waals surface area contributed by atoms with Crippen LogP contribution in [0.5, 0.6) is 0 Å². The van der Waals surface area contributed by atoms with Gasteiger partial charge in [-0.05, 0) is 19.3 Å². The van der Waals surface area contributed by atoms with Gasteiger partial charge in [-0.2, -0.15) is 5.10 Å². The van der Waals surface area contributed by atoms with Crippen LogP contribution in [0.4, 0.5) is 0 Å². The Balaban J connectivity index is 2.20. The molecular formula is C12H22N4.